The van der Waals surface area contributed by atoms with Crippen LogP contribution < -0.4 is 5.32 Å². The summed E-state index contributed by atoms with van der Waals surface area (Å²) >= 11 is 0. The maximum absolute atomic E-state index is 10.5. The molecular weight excluding hydrogens is 338 g/mol. The van der Waals surface area contributed by atoms with Crippen molar-refractivity contribution in [1.29, 1.82) is 0 Å². The largest absolute Gasteiger partial charge is 0.504 e. The van der Waals surface area contributed by atoms with Crippen molar-refractivity contribution in [3.63, 3.8) is 0 Å². The number of hydrogen-bond acceptors (Lipinski definition) is 4. The van der Waals surface area contributed by atoms with Crippen LogP contribution in [0, 0.1) is 5.92 Å². The lowest BCUT2D eigenvalue weighted by atomic mass is 9.80. The average Bonchev–Trinajstić information content (AvgIpc) is 2.72. The van der Waals surface area contributed by atoms with Crippen molar-refractivity contribution in [1.82, 2.24) is 5.32 Å². The van der Waals surface area contributed by atoms with E-state index in [2.05, 4.69) is 17.4 Å². The molecule has 0 spiro atoms. The molecule has 1 saturated carbocycles. The molecule has 4 rings (SSSR count). The molecule has 0 bridgehead atoms. The summed E-state index contributed by atoms with van der Waals surface area (Å²) in [5.41, 5.74) is 3.10. The molecule has 2 atom stereocenters. The number of rotatable bonds is 5. The standard InChI is InChI=1S/C23H29NO3/c25-20-12-11-18-19(23(20)26)13-21(17-9-5-2-6-10-17)27-22(18)15-24-14-16-7-3-1-4-8-16/h1,3-4,7-8,11-12,17,21-22,24-26H,2,5-6,9-10,13-15H2/t21-,22-/m0/s1. The van der Waals surface area contributed by atoms with Crippen LogP contribution in [0.5, 0.6) is 11.5 Å². The van der Waals surface area contributed by atoms with E-state index in [4.69, 9.17) is 4.74 Å². The lowest BCUT2D eigenvalue weighted by Gasteiger charge is -2.38. The van der Waals surface area contributed by atoms with Crippen molar-refractivity contribution in [2.45, 2.75) is 57.3 Å². The quantitative estimate of drug-likeness (QED) is 0.683. The predicted octanol–water partition coefficient (Wildman–Crippen LogP) is 4.45. The SMILES string of the molecule is Oc1ccc2c(c1O)C[C@@H](C1CCCCC1)O[C@H]2CNCc1ccccc1. The zero-order valence-corrected chi connectivity index (χ0v) is 15.7. The van der Waals surface area contributed by atoms with E-state index in [1.165, 1.54) is 37.7 Å². The second-order valence-electron chi connectivity index (χ2n) is 7.88. The Hall–Kier alpha value is -2.04. The van der Waals surface area contributed by atoms with E-state index in [1.807, 2.05) is 24.3 Å². The Morgan fingerprint density at radius 2 is 1.74 bits per heavy atom. The molecule has 0 aromatic heterocycles. The van der Waals surface area contributed by atoms with Crippen LogP contribution >= 0.6 is 0 Å². The first-order valence-corrected chi connectivity index (χ1v) is 10.2. The molecule has 4 heteroatoms. The van der Waals surface area contributed by atoms with Crippen LogP contribution in [0.4, 0.5) is 0 Å². The lowest BCUT2D eigenvalue weighted by Crippen LogP contribution is -2.37. The van der Waals surface area contributed by atoms with Gasteiger partial charge in [-0.1, -0.05) is 55.7 Å². The van der Waals surface area contributed by atoms with Crippen LogP contribution in [0.25, 0.3) is 0 Å². The van der Waals surface area contributed by atoms with E-state index >= 15 is 0 Å². The number of ether oxygens (including phenoxy) is 1. The molecule has 144 valence electrons. The normalized spacial score (nSPS) is 23.1. The molecule has 1 heterocycles. The summed E-state index contributed by atoms with van der Waals surface area (Å²) in [4.78, 5) is 0. The van der Waals surface area contributed by atoms with E-state index in [0.29, 0.717) is 18.9 Å². The van der Waals surface area contributed by atoms with Gasteiger partial charge in [0.1, 0.15) is 0 Å². The van der Waals surface area contributed by atoms with E-state index in [0.717, 1.165) is 17.7 Å². The number of aromatic hydroxyl groups is 2. The first-order valence-electron chi connectivity index (χ1n) is 10.2. The minimum Gasteiger partial charge on any atom is -0.504 e. The van der Waals surface area contributed by atoms with Gasteiger partial charge < -0.3 is 20.3 Å². The molecule has 2 aromatic rings. The van der Waals surface area contributed by atoms with Crippen molar-refractivity contribution in [2.24, 2.45) is 5.92 Å². The second-order valence-corrected chi connectivity index (χ2v) is 7.88. The second kappa shape index (κ2) is 8.32. The van der Waals surface area contributed by atoms with Gasteiger partial charge in [-0.2, -0.15) is 0 Å². The van der Waals surface area contributed by atoms with Gasteiger partial charge >= 0.3 is 0 Å². The Labute approximate surface area is 161 Å². The Balaban J connectivity index is 1.51. The zero-order valence-electron chi connectivity index (χ0n) is 15.7. The van der Waals surface area contributed by atoms with E-state index < -0.39 is 0 Å². The molecule has 4 nitrogen and oxygen atoms in total. The molecule has 1 aliphatic carbocycles. The molecule has 2 aliphatic rings. The number of nitrogens with one attached hydrogen (secondary N) is 1. The van der Waals surface area contributed by atoms with Crippen LogP contribution in [-0.2, 0) is 17.7 Å². The van der Waals surface area contributed by atoms with Crippen LogP contribution in [-0.4, -0.2) is 22.9 Å². The first kappa shape index (κ1) is 18.3. The van der Waals surface area contributed by atoms with Gasteiger partial charge in [0.2, 0.25) is 0 Å². The highest BCUT2D eigenvalue weighted by Gasteiger charge is 2.35. The van der Waals surface area contributed by atoms with Crippen LogP contribution in [0.1, 0.15) is 54.9 Å². The average molecular weight is 367 g/mol. The van der Waals surface area contributed by atoms with Gasteiger partial charge in [-0.3, -0.25) is 0 Å². The fourth-order valence-electron chi connectivity index (χ4n) is 4.57. The van der Waals surface area contributed by atoms with Crippen LogP contribution in [0.2, 0.25) is 0 Å². The highest BCUT2D eigenvalue weighted by atomic mass is 16.5. The molecule has 2 aromatic carbocycles. The highest BCUT2D eigenvalue weighted by Crippen LogP contribution is 2.43. The Kier molecular flexibility index (Phi) is 5.65. The van der Waals surface area contributed by atoms with Gasteiger partial charge in [0.05, 0.1) is 12.2 Å². The van der Waals surface area contributed by atoms with Crippen molar-refractivity contribution in [3.8, 4) is 11.5 Å². The maximum atomic E-state index is 10.5. The summed E-state index contributed by atoms with van der Waals surface area (Å²) in [6, 6.07) is 13.8. The fourth-order valence-corrected chi connectivity index (χ4v) is 4.57. The topological polar surface area (TPSA) is 61.7 Å². The van der Waals surface area contributed by atoms with Gasteiger partial charge in [0.25, 0.3) is 0 Å². The predicted molar refractivity (Wildman–Crippen MR) is 106 cm³/mol. The summed E-state index contributed by atoms with van der Waals surface area (Å²) < 4.78 is 6.53. The Bertz CT molecular complexity index is 756. The van der Waals surface area contributed by atoms with Gasteiger partial charge in [-0.25, -0.2) is 0 Å². The van der Waals surface area contributed by atoms with Crippen LogP contribution in [0.15, 0.2) is 42.5 Å². The smallest absolute Gasteiger partial charge is 0.161 e. The summed E-state index contributed by atoms with van der Waals surface area (Å²) in [7, 11) is 0. The van der Waals surface area contributed by atoms with Crippen molar-refractivity contribution < 1.29 is 14.9 Å². The number of phenolic OH excluding ortho intramolecular Hbond substituents is 2. The third kappa shape index (κ3) is 4.12. The third-order valence-electron chi connectivity index (χ3n) is 6.07. The minimum absolute atomic E-state index is 0.0321. The number of fused-ring (bicyclic) bond motifs is 1. The summed E-state index contributed by atoms with van der Waals surface area (Å²) in [5.74, 6) is 0.545. The van der Waals surface area contributed by atoms with Gasteiger partial charge in [-0.15, -0.1) is 0 Å². The van der Waals surface area contributed by atoms with Crippen molar-refractivity contribution >= 4 is 0 Å². The molecule has 1 aliphatic heterocycles. The van der Waals surface area contributed by atoms with Crippen molar-refractivity contribution in [3.05, 3.63) is 59.2 Å². The third-order valence-corrected chi connectivity index (χ3v) is 6.07. The summed E-state index contributed by atoms with van der Waals surface area (Å²) in [5, 5.41) is 23.9. The van der Waals surface area contributed by atoms with Crippen molar-refractivity contribution in [2.75, 3.05) is 6.54 Å². The molecule has 0 amide bonds. The number of hydrogen-bond donors (Lipinski definition) is 3. The molecular formula is C23H29NO3. The zero-order chi connectivity index (χ0) is 18.6. The highest BCUT2D eigenvalue weighted by molar-refractivity contribution is 5.51. The summed E-state index contributed by atoms with van der Waals surface area (Å²) in [6.45, 7) is 1.48. The lowest BCUT2D eigenvalue weighted by molar-refractivity contribution is -0.0627. The number of phenols is 2. The minimum atomic E-state index is -0.101. The molecule has 1 fully saturated rings. The molecule has 0 saturated heterocycles. The molecule has 0 unspecified atom stereocenters. The van der Waals surface area contributed by atoms with Gasteiger partial charge in [0.15, 0.2) is 11.5 Å². The maximum Gasteiger partial charge on any atom is 0.161 e. The first-order chi connectivity index (χ1) is 13.2. The summed E-state index contributed by atoms with van der Waals surface area (Å²) in [6.07, 6.45) is 6.95. The number of benzene rings is 2. The van der Waals surface area contributed by atoms with Crippen LogP contribution in [0.3, 0.4) is 0 Å². The van der Waals surface area contributed by atoms with Gasteiger partial charge in [-0.05, 0) is 36.0 Å². The Morgan fingerprint density at radius 3 is 2.52 bits per heavy atom. The van der Waals surface area contributed by atoms with E-state index in [1.54, 1.807) is 6.07 Å². The van der Waals surface area contributed by atoms with E-state index in [9.17, 15) is 10.2 Å². The van der Waals surface area contributed by atoms with Gasteiger partial charge in [0, 0.05) is 25.1 Å². The molecule has 0 radical (unpaired) electrons. The molecule has 3 N–H and O–H groups in total. The monoisotopic (exact) mass is 367 g/mol. The molecule has 27 heavy (non-hydrogen) atoms. The fraction of sp³-hybridized carbons (Fsp3) is 0.478. The van der Waals surface area contributed by atoms with E-state index in [-0.39, 0.29) is 23.7 Å². The Morgan fingerprint density at radius 1 is 0.963 bits per heavy atom.